The Bertz CT molecular complexity index is 1050. The van der Waals surface area contributed by atoms with Crippen LogP contribution in [0.1, 0.15) is 27.5 Å². The average molecular weight is 442 g/mol. The molecule has 0 unspecified atom stereocenters. The van der Waals surface area contributed by atoms with Crippen molar-refractivity contribution in [3.63, 3.8) is 0 Å². The molecule has 168 valence electrons. The van der Waals surface area contributed by atoms with E-state index in [0.29, 0.717) is 12.0 Å². The fraction of sp³-hybridized carbons (Fsp3) is 0.350. The number of phenols is 1. The van der Waals surface area contributed by atoms with Crippen LogP contribution in [0.25, 0.3) is 0 Å². The number of aromatic nitrogens is 2. The molecule has 1 saturated carbocycles. The second-order valence-corrected chi connectivity index (χ2v) is 8.04. The summed E-state index contributed by atoms with van der Waals surface area (Å²) in [7, 11) is -1.64. The van der Waals surface area contributed by atoms with E-state index < -0.39 is 48.3 Å². The maximum Gasteiger partial charge on any atom is 0.460 e. The lowest BCUT2D eigenvalue weighted by Gasteiger charge is -2.40. The zero-order valence-electron chi connectivity index (χ0n) is 17.0. The van der Waals surface area contributed by atoms with Crippen molar-refractivity contribution in [2.75, 3.05) is 13.1 Å². The third-order valence-electron chi connectivity index (χ3n) is 5.88. The quantitative estimate of drug-likeness (QED) is 0.231. The van der Waals surface area contributed by atoms with E-state index in [1.54, 1.807) is 6.20 Å². The number of allylic oxidation sites excluding steroid dienone is 1. The third kappa shape index (κ3) is 3.95. The molecule has 2 fully saturated rings. The van der Waals surface area contributed by atoms with Gasteiger partial charge in [-0.05, 0) is 6.07 Å². The first-order chi connectivity index (χ1) is 15.2. The fourth-order valence-electron chi connectivity index (χ4n) is 4.07. The predicted molar refractivity (Wildman–Crippen MR) is 112 cm³/mol. The predicted octanol–water partition coefficient (Wildman–Crippen LogP) is -0.530. The number of carboxylic acids is 1. The van der Waals surface area contributed by atoms with Crippen LogP contribution in [0, 0.1) is 0 Å². The van der Waals surface area contributed by atoms with E-state index in [-0.39, 0.29) is 30.3 Å². The minimum absolute atomic E-state index is 0.0371. The lowest BCUT2D eigenvalue weighted by Crippen LogP contribution is -2.60. The molecule has 2 aliphatic rings. The number of carbonyl (C=O) groups excluding carboxylic acids is 1. The number of likely N-dealkylation sites (tertiary alicyclic amines) is 1. The van der Waals surface area contributed by atoms with Gasteiger partial charge in [-0.2, -0.15) is 0 Å². The molecule has 32 heavy (non-hydrogen) atoms. The zero-order chi connectivity index (χ0) is 23.2. The van der Waals surface area contributed by atoms with E-state index in [2.05, 4.69) is 16.5 Å². The number of H-pyrrole nitrogens is 1. The Morgan fingerprint density at radius 3 is 2.66 bits per heavy atom. The molecule has 1 amide bonds. The lowest BCUT2D eigenvalue weighted by molar-refractivity contribution is -0.141. The second kappa shape index (κ2) is 8.30. The summed E-state index contributed by atoms with van der Waals surface area (Å²) in [4.78, 5) is 32.5. The molecule has 2 heterocycles. The molecule has 1 saturated heterocycles. The number of rotatable bonds is 8. The number of aromatic amines is 1. The van der Waals surface area contributed by atoms with Gasteiger partial charge in [0.05, 0.1) is 25.5 Å². The molecule has 7 N–H and O–H groups in total. The van der Waals surface area contributed by atoms with Crippen LogP contribution in [0.4, 0.5) is 0 Å². The Hall–Kier alpha value is -3.35. The Labute approximate surface area is 183 Å². The van der Waals surface area contributed by atoms with Crippen molar-refractivity contribution in [1.29, 1.82) is 0 Å². The van der Waals surface area contributed by atoms with Crippen LogP contribution in [0.3, 0.4) is 0 Å². The van der Waals surface area contributed by atoms with Crippen molar-refractivity contribution >= 4 is 19.0 Å². The van der Waals surface area contributed by atoms with Crippen LogP contribution in [-0.4, -0.2) is 79.4 Å². The first kappa shape index (κ1) is 21.9. The number of nitrogens with two attached hydrogens (primary N) is 1. The zero-order valence-corrected chi connectivity index (χ0v) is 17.0. The summed E-state index contributed by atoms with van der Waals surface area (Å²) in [5, 5.41) is 38.9. The normalized spacial score (nSPS) is 21.1. The summed E-state index contributed by atoms with van der Waals surface area (Å²) in [6.45, 7) is 4.20. The molecule has 12 heteroatoms. The number of imidazole rings is 1. The van der Waals surface area contributed by atoms with Gasteiger partial charge in [-0.15, -0.1) is 0 Å². The van der Waals surface area contributed by atoms with E-state index in [1.807, 2.05) is 0 Å². The maximum atomic E-state index is 12.4. The van der Waals surface area contributed by atoms with Crippen LogP contribution in [0.2, 0.25) is 5.82 Å². The number of nitrogens with one attached hydrogen (secondary N) is 1. The molecule has 0 radical (unpaired) electrons. The van der Waals surface area contributed by atoms with Crippen LogP contribution >= 0.6 is 0 Å². The summed E-state index contributed by atoms with van der Waals surface area (Å²) < 4.78 is 5.73. The molecule has 1 aliphatic heterocycles. The monoisotopic (exact) mass is 442 g/mol. The molecular formula is C20H23BN4O7. The topological polar surface area (TPSA) is 182 Å². The summed E-state index contributed by atoms with van der Waals surface area (Å²) in [5.41, 5.74) is 7.03. The minimum atomic E-state index is -1.64. The standard InChI is InChI=1S/C20H23BN4O7/c1-9-15(17(9)21(30)31)12-2-3-14(16(18(12)26)20(28)29)32-11-6-25(7-11)19(27)13(22)4-10-5-23-8-24-10/h2-3,5,8,11,13,15,17,26,30-31H,1,4,6-7,22H2,(H,23,24)(H,28,29)/t13-,15+,17+/m0/s1. The smallest absolute Gasteiger partial charge is 0.460 e. The highest BCUT2D eigenvalue weighted by atomic mass is 16.5. The number of nitrogens with zero attached hydrogens (tertiary/aromatic N) is 2. The average Bonchev–Trinajstić information content (AvgIpc) is 3.10. The molecule has 0 spiro atoms. The molecule has 4 rings (SSSR count). The largest absolute Gasteiger partial charge is 0.507 e. The minimum Gasteiger partial charge on any atom is -0.507 e. The van der Waals surface area contributed by atoms with E-state index in [9.17, 15) is 29.9 Å². The number of hydrogen-bond acceptors (Lipinski definition) is 8. The molecule has 2 aromatic rings. The van der Waals surface area contributed by atoms with E-state index in [4.69, 9.17) is 10.5 Å². The number of carbonyl (C=O) groups is 2. The van der Waals surface area contributed by atoms with Crippen molar-refractivity contribution in [2.24, 2.45) is 5.73 Å². The second-order valence-electron chi connectivity index (χ2n) is 8.04. The highest BCUT2D eigenvalue weighted by Gasteiger charge is 2.52. The summed E-state index contributed by atoms with van der Waals surface area (Å²) in [6, 6.07) is 2.16. The van der Waals surface area contributed by atoms with Gasteiger partial charge >= 0.3 is 13.1 Å². The molecule has 3 atom stereocenters. The van der Waals surface area contributed by atoms with Gasteiger partial charge in [0.2, 0.25) is 5.91 Å². The number of hydrogen-bond donors (Lipinski definition) is 6. The van der Waals surface area contributed by atoms with Gasteiger partial charge in [0.1, 0.15) is 23.2 Å². The molecule has 1 aromatic heterocycles. The van der Waals surface area contributed by atoms with Crippen LogP contribution in [0.15, 0.2) is 36.8 Å². The summed E-state index contributed by atoms with van der Waals surface area (Å²) >= 11 is 0. The van der Waals surface area contributed by atoms with Crippen LogP contribution in [0.5, 0.6) is 11.5 Å². The first-order valence-electron chi connectivity index (χ1n) is 10.0. The van der Waals surface area contributed by atoms with E-state index in [0.717, 1.165) is 5.69 Å². The highest BCUT2D eigenvalue weighted by molar-refractivity contribution is 6.47. The van der Waals surface area contributed by atoms with Gasteiger partial charge < -0.3 is 40.6 Å². The van der Waals surface area contributed by atoms with Crippen molar-refractivity contribution in [1.82, 2.24) is 14.9 Å². The third-order valence-corrected chi connectivity index (χ3v) is 5.88. The van der Waals surface area contributed by atoms with Gasteiger partial charge in [-0.3, -0.25) is 4.79 Å². The summed E-state index contributed by atoms with van der Waals surface area (Å²) in [6.07, 6.45) is 2.96. The van der Waals surface area contributed by atoms with Gasteiger partial charge in [0.15, 0.2) is 0 Å². The lowest BCUT2D eigenvalue weighted by atomic mass is 9.80. The number of carboxylic acid groups (broad SMARTS) is 1. The highest BCUT2D eigenvalue weighted by Crippen LogP contribution is 2.60. The Morgan fingerprint density at radius 1 is 1.38 bits per heavy atom. The SMILES string of the molecule is C=C1[C@@H](B(O)O)[C@H]1c1ccc(OC2CN(C(=O)[C@@H](N)Cc3cnc[nH]3)C2)c(C(=O)O)c1O. The van der Waals surface area contributed by atoms with Crippen molar-refractivity contribution in [3.05, 3.63) is 53.6 Å². The number of aromatic carboxylic acids is 1. The molecule has 1 aliphatic carbocycles. The van der Waals surface area contributed by atoms with Gasteiger partial charge in [0, 0.05) is 35.6 Å². The fourth-order valence-corrected chi connectivity index (χ4v) is 4.07. The van der Waals surface area contributed by atoms with Crippen LogP contribution < -0.4 is 10.5 Å². The maximum absolute atomic E-state index is 12.4. The Morgan fingerprint density at radius 2 is 2.09 bits per heavy atom. The van der Waals surface area contributed by atoms with Gasteiger partial charge in [0.25, 0.3) is 0 Å². The molecular weight excluding hydrogens is 419 g/mol. The van der Waals surface area contributed by atoms with Crippen molar-refractivity contribution < 1.29 is 34.6 Å². The van der Waals surface area contributed by atoms with Crippen molar-refractivity contribution in [2.45, 2.75) is 30.3 Å². The van der Waals surface area contributed by atoms with Crippen molar-refractivity contribution in [3.8, 4) is 11.5 Å². The molecule has 1 aromatic carbocycles. The number of benzene rings is 1. The molecule has 0 bridgehead atoms. The van der Waals surface area contributed by atoms with E-state index in [1.165, 1.54) is 23.4 Å². The summed E-state index contributed by atoms with van der Waals surface area (Å²) in [5.74, 6) is -3.39. The number of amides is 1. The van der Waals surface area contributed by atoms with E-state index >= 15 is 0 Å². The Balaban J connectivity index is 1.41. The number of aromatic hydroxyl groups is 1. The number of ether oxygens (including phenoxy) is 1. The first-order valence-corrected chi connectivity index (χ1v) is 10.0. The van der Waals surface area contributed by atoms with Gasteiger partial charge in [-0.25, -0.2) is 9.78 Å². The molecule has 11 nitrogen and oxygen atoms in total. The van der Waals surface area contributed by atoms with Gasteiger partial charge in [-0.1, -0.05) is 18.2 Å². The Kier molecular flexibility index (Phi) is 5.67. The van der Waals surface area contributed by atoms with Crippen LogP contribution in [-0.2, 0) is 11.2 Å².